The van der Waals surface area contributed by atoms with E-state index in [4.69, 9.17) is 9.31 Å². The summed E-state index contributed by atoms with van der Waals surface area (Å²) < 4.78 is 12.0. The van der Waals surface area contributed by atoms with Crippen LogP contribution in [-0.2, 0) is 16.1 Å². The first-order valence-electron chi connectivity index (χ1n) is 13.5. The van der Waals surface area contributed by atoms with Gasteiger partial charge in [-0.1, -0.05) is 54.6 Å². The van der Waals surface area contributed by atoms with Gasteiger partial charge in [0.25, 0.3) is 17.7 Å². The Morgan fingerprint density at radius 2 is 1.67 bits per heavy atom. The SMILES string of the molecule is O=C1CCC(N2C(=O)c3cccc(CNC(=O)c4cccc5cc6c(cc45)OB(c4ccccc4)O6)c3C2=O)C(=O)N1. The third-order valence-corrected chi connectivity index (χ3v) is 7.72. The molecule has 0 saturated carbocycles. The molecule has 4 aromatic rings. The minimum absolute atomic E-state index is 0.0266. The van der Waals surface area contributed by atoms with Crippen LogP contribution < -0.4 is 25.4 Å². The van der Waals surface area contributed by atoms with Crippen LogP contribution in [0.5, 0.6) is 11.5 Å². The highest BCUT2D eigenvalue weighted by Crippen LogP contribution is 2.38. The van der Waals surface area contributed by atoms with E-state index >= 15 is 0 Å². The van der Waals surface area contributed by atoms with Crippen LogP contribution in [0.3, 0.4) is 0 Å². The van der Waals surface area contributed by atoms with Crippen LogP contribution in [0.2, 0.25) is 0 Å². The van der Waals surface area contributed by atoms with E-state index in [0.29, 0.717) is 28.0 Å². The summed E-state index contributed by atoms with van der Waals surface area (Å²) in [5.41, 5.74) is 2.01. The number of hydrogen-bond donors (Lipinski definition) is 2. The number of piperidine rings is 1. The number of nitrogens with zero attached hydrogens (tertiary/aromatic N) is 1. The predicted molar refractivity (Wildman–Crippen MR) is 151 cm³/mol. The lowest BCUT2D eigenvalue weighted by Gasteiger charge is -2.27. The van der Waals surface area contributed by atoms with E-state index in [-0.39, 0.29) is 36.4 Å². The molecule has 0 radical (unpaired) electrons. The Morgan fingerprint density at radius 1 is 0.905 bits per heavy atom. The van der Waals surface area contributed by atoms with Gasteiger partial charge in [0.2, 0.25) is 11.8 Å². The molecule has 3 aliphatic heterocycles. The highest BCUT2D eigenvalue weighted by atomic mass is 16.6. The maximum atomic E-state index is 13.4. The molecule has 2 N–H and O–H groups in total. The molecule has 1 unspecified atom stereocenters. The Balaban J connectivity index is 1.12. The molecule has 42 heavy (non-hydrogen) atoms. The minimum atomic E-state index is -1.07. The molecule has 5 amide bonds. The number of hydrogen-bond acceptors (Lipinski definition) is 7. The Kier molecular flexibility index (Phi) is 6.00. The molecule has 1 atom stereocenters. The van der Waals surface area contributed by atoms with Crippen LogP contribution >= 0.6 is 0 Å². The molecule has 11 heteroatoms. The number of imide groups is 2. The number of carbonyl (C=O) groups is 5. The standard InChI is InChI=1S/C31H22BN3O7/c36-26-13-12-23(29(38)34-26)35-30(39)21-11-5-7-18(27(21)31(35)40)16-33-28(37)20-10-4-6-17-14-24-25(15-22(17)20)42-32(41-24)19-8-2-1-3-9-19/h1-11,14-15,23H,12-13,16H2,(H,33,37)(H,34,36,38). The maximum Gasteiger partial charge on any atom is 0.632 e. The molecule has 0 spiro atoms. The quantitative estimate of drug-likeness (QED) is 0.284. The second kappa shape index (κ2) is 9.88. The average Bonchev–Trinajstić information content (AvgIpc) is 3.53. The third kappa shape index (κ3) is 4.17. The molecule has 1 fully saturated rings. The fourth-order valence-corrected chi connectivity index (χ4v) is 5.67. The van der Waals surface area contributed by atoms with Crippen molar-refractivity contribution in [1.82, 2.24) is 15.5 Å². The summed E-state index contributed by atoms with van der Waals surface area (Å²) in [6.45, 7) is -0.0266. The van der Waals surface area contributed by atoms with E-state index in [9.17, 15) is 24.0 Å². The maximum absolute atomic E-state index is 13.4. The number of nitrogens with one attached hydrogen (secondary N) is 2. The molecule has 3 heterocycles. The van der Waals surface area contributed by atoms with Gasteiger partial charge in [-0.3, -0.25) is 34.2 Å². The molecule has 3 aliphatic rings. The lowest BCUT2D eigenvalue weighted by Crippen LogP contribution is -2.54. The molecule has 0 bridgehead atoms. The van der Waals surface area contributed by atoms with Crippen LogP contribution in [-0.4, -0.2) is 47.6 Å². The molecule has 206 valence electrons. The van der Waals surface area contributed by atoms with Gasteiger partial charge < -0.3 is 14.6 Å². The summed E-state index contributed by atoms with van der Waals surface area (Å²) >= 11 is 0. The summed E-state index contributed by atoms with van der Waals surface area (Å²) in [7, 11) is -0.588. The fraction of sp³-hybridized carbons (Fsp3) is 0.129. The third-order valence-electron chi connectivity index (χ3n) is 7.72. The molecular weight excluding hydrogens is 537 g/mol. The van der Waals surface area contributed by atoms with Gasteiger partial charge in [-0.2, -0.15) is 0 Å². The Morgan fingerprint density at radius 3 is 2.45 bits per heavy atom. The van der Waals surface area contributed by atoms with Crippen molar-refractivity contribution >= 4 is 52.9 Å². The van der Waals surface area contributed by atoms with E-state index < -0.39 is 36.8 Å². The van der Waals surface area contributed by atoms with Gasteiger partial charge in [-0.25, -0.2) is 0 Å². The first kappa shape index (κ1) is 25.5. The van der Waals surface area contributed by atoms with Crippen molar-refractivity contribution < 1.29 is 33.3 Å². The lowest BCUT2D eigenvalue weighted by molar-refractivity contribution is -0.136. The lowest BCUT2D eigenvalue weighted by atomic mass is 9.79. The summed E-state index contributed by atoms with van der Waals surface area (Å²) in [5.74, 6) is -1.62. The van der Waals surface area contributed by atoms with Crippen molar-refractivity contribution in [2.24, 2.45) is 0 Å². The first-order chi connectivity index (χ1) is 20.4. The zero-order chi connectivity index (χ0) is 29.0. The van der Waals surface area contributed by atoms with Crippen LogP contribution in [0, 0.1) is 0 Å². The molecule has 1 saturated heterocycles. The highest BCUT2D eigenvalue weighted by molar-refractivity contribution is 6.63. The second-order valence-electron chi connectivity index (χ2n) is 10.3. The van der Waals surface area contributed by atoms with Gasteiger partial charge >= 0.3 is 7.12 Å². The normalized spacial score (nSPS) is 17.5. The molecule has 0 aromatic heterocycles. The van der Waals surface area contributed by atoms with E-state index in [1.807, 2.05) is 42.5 Å². The van der Waals surface area contributed by atoms with Gasteiger partial charge in [-0.05, 0) is 47.0 Å². The molecule has 10 nitrogen and oxygen atoms in total. The van der Waals surface area contributed by atoms with Crippen LogP contribution in [0.4, 0.5) is 0 Å². The average molecular weight is 559 g/mol. The van der Waals surface area contributed by atoms with E-state index in [2.05, 4.69) is 10.6 Å². The highest BCUT2D eigenvalue weighted by Gasteiger charge is 2.45. The fourth-order valence-electron chi connectivity index (χ4n) is 5.67. The van der Waals surface area contributed by atoms with Crippen molar-refractivity contribution in [3.05, 3.63) is 101 Å². The Labute approximate surface area is 239 Å². The summed E-state index contributed by atoms with van der Waals surface area (Å²) in [6, 6.07) is 22.2. The van der Waals surface area contributed by atoms with Crippen molar-refractivity contribution in [3.63, 3.8) is 0 Å². The Hall–Kier alpha value is -5.45. The number of rotatable bonds is 5. The van der Waals surface area contributed by atoms with Gasteiger partial charge in [0.1, 0.15) is 17.5 Å². The summed E-state index contributed by atoms with van der Waals surface area (Å²) in [4.78, 5) is 64.8. The molecule has 7 rings (SSSR count). The van der Waals surface area contributed by atoms with Crippen molar-refractivity contribution in [2.45, 2.75) is 25.4 Å². The van der Waals surface area contributed by atoms with E-state index in [1.165, 1.54) is 6.07 Å². The smallest absolute Gasteiger partial charge is 0.519 e. The van der Waals surface area contributed by atoms with Gasteiger partial charge in [0.15, 0.2) is 0 Å². The van der Waals surface area contributed by atoms with Gasteiger partial charge in [0, 0.05) is 24.0 Å². The zero-order valence-electron chi connectivity index (χ0n) is 22.1. The summed E-state index contributed by atoms with van der Waals surface area (Å²) in [6.07, 6.45) is 0.0961. The number of fused-ring (bicyclic) bond motifs is 3. The molecule has 4 aromatic carbocycles. The van der Waals surface area contributed by atoms with Crippen molar-refractivity contribution in [1.29, 1.82) is 0 Å². The van der Waals surface area contributed by atoms with Gasteiger partial charge in [-0.15, -0.1) is 0 Å². The number of carbonyl (C=O) groups excluding carboxylic acids is 5. The Bertz CT molecular complexity index is 1840. The zero-order valence-corrected chi connectivity index (χ0v) is 22.1. The largest absolute Gasteiger partial charge is 0.632 e. The molecular formula is C31H22BN3O7. The van der Waals surface area contributed by atoms with Crippen LogP contribution in [0.1, 0.15) is 49.5 Å². The predicted octanol–water partition coefficient (Wildman–Crippen LogP) is 2.34. The first-order valence-corrected chi connectivity index (χ1v) is 13.5. The topological polar surface area (TPSA) is 131 Å². The second-order valence-corrected chi connectivity index (χ2v) is 10.3. The van der Waals surface area contributed by atoms with E-state index in [1.54, 1.807) is 30.3 Å². The van der Waals surface area contributed by atoms with E-state index in [0.717, 1.165) is 15.7 Å². The van der Waals surface area contributed by atoms with Crippen molar-refractivity contribution in [3.8, 4) is 11.5 Å². The van der Waals surface area contributed by atoms with Gasteiger partial charge in [0.05, 0.1) is 11.1 Å². The van der Waals surface area contributed by atoms with Crippen LogP contribution in [0.15, 0.2) is 78.9 Å². The van der Waals surface area contributed by atoms with Crippen LogP contribution in [0.25, 0.3) is 10.8 Å². The minimum Gasteiger partial charge on any atom is -0.519 e. The number of amides is 5. The van der Waals surface area contributed by atoms with Crippen molar-refractivity contribution in [2.75, 3.05) is 0 Å². The molecule has 0 aliphatic carbocycles. The number of benzene rings is 4. The monoisotopic (exact) mass is 559 g/mol. The summed E-state index contributed by atoms with van der Waals surface area (Å²) in [5, 5.41) is 6.51.